The molecule has 1 aromatic carbocycles. The molecule has 0 bridgehead atoms. The van der Waals surface area contributed by atoms with E-state index in [4.69, 9.17) is 4.74 Å². The van der Waals surface area contributed by atoms with Crippen molar-refractivity contribution in [3.05, 3.63) is 29.6 Å². The maximum atomic E-state index is 14.1. The van der Waals surface area contributed by atoms with Gasteiger partial charge in [0.1, 0.15) is 5.82 Å². The predicted octanol–water partition coefficient (Wildman–Crippen LogP) is 0.0349. The van der Waals surface area contributed by atoms with Crippen molar-refractivity contribution in [1.82, 2.24) is 14.7 Å². The van der Waals surface area contributed by atoms with E-state index < -0.39 is 17.6 Å². The highest BCUT2D eigenvalue weighted by atomic mass is 19.1. The normalized spacial score (nSPS) is 17.5. The van der Waals surface area contributed by atoms with Gasteiger partial charge in [-0.25, -0.2) is 4.39 Å². The monoisotopic (exact) mass is 392 g/mol. The predicted molar refractivity (Wildman–Crippen MR) is 101 cm³/mol. The van der Waals surface area contributed by atoms with E-state index in [0.717, 1.165) is 0 Å². The highest BCUT2D eigenvalue weighted by Crippen LogP contribution is 2.20. The van der Waals surface area contributed by atoms with Gasteiger partial charge >= 0.3 is 11.8 Å². The molecule has 2 saturated heterocycles. The first-order valence-corrected chi connectivity index (χ1v) is 9.30. The number of hydrogen-bond acceptors (Lipinski definition) is 5. The van der Waals surface area contributed by atoms with E-state index in [9.17, 15) is 18.8 Å². The second-order valence-corrected chi connectivity index (χ2v) is 7.05. The van der Waals surface area contributed by atoms with Crippen LogP contribution in [0.4, 0.5) is 10.1 Å². The number of hydrogen-bond donors (Lipinski definition) is 0. The highest BCUT2D eigenvalue weighted by molar-refractivity contribution is 6.34. The first kappa shape index (κ1) is 20.1. The molecular formula is C19H25FN4O4. The number of amides is 3. The lowest BCUT2D eigenvalue weighted by Crippen LogP contribution is -2.55. The molecule has 0 spiro atoms. The van der Waals surface area contributed by atoms with E-state index in [2.05, 4.69) is 0 Å². The van der Waals surface area contributed by atoms with E-state index in [0.29, 0.717) is 45.1 Å². The van der Waals surface area contributed by atoms with E-state index in [1.807, 2.05) is 0 Å². The van der Waals surface area contributed by atoms with Gasteiger partial charge in [0.2, 0.25) is 0 Å². The van der Waals surface area contributed by atoms with Gasteiger partial charge in [0.05, 0.1) is 18.9 Å². The van der Waals surface area contributed by atoms with Crippen LogP contribution in [0.5, 0.6) is 0 Å². The number of benzene rings is 1. The quantitative estimate of drug-likeness (QED) is 0.665. The van der Waals surface area contributed by atoms with Crippen LogP contribution in [0.25, 0.3) is 0 Å². The van der Waals surface area contributed by atoms with Crippen LogP contribution in [0.1, 0.15) is 10.4 Å². The smallest absolute Gasteiger partial charge is 0.312 e. The molecule has 2 aliphatic rings. The van der Waals surface area contributed by atoms with Crippen LogP contribution in [0, 0.1) is 5.82 Å². The Bertz CT molecular complexity index is 756. The molecule has 0 aliphatic carbocycles. The summed E-state index contributed by atoms with van der Waals surface area (Å²) in [7, 11) is 3.46. The molecule has 0 N–H and O–H groups in total. The second kappa shape index (κ2) is 8.55. The second-order valence-electron chi connectivity index (χ2n) is 7.05. The number of anilines is 1. The third-order valence-corrected chi connectivity index (χ3v) is 5.01. The molecule has 1 aromatic rings. The van der Waals surface area contributed by atoms with Crippen molar-refractivity contribution in [3.63, 3.8) is 0 Å². The zero-order valence-corrected chi connectivity index (χ0v) is 16.2. The molecule has 0 radical (unpaired) electrons. The van der Waals surface area contributed by atoms with Crippen molar-refractivity contribution in [2.75, 3.05) is 71.5 Å². The Labute approximate surface area is 163 Å². The molecule has 28 heavy (non-hydrogen) atoms. The topological polar surface area (TPSA) is 73.4 Å². The lowest BCUT2D eigenvalue weighted by Gasteiger charge is -2.36. The standard InChI is InChI=1S/C19H25FN4O4/c1-21(2)16-4-3-14(13-15(16)20)17(25)22-5-7-23(8-6-22)18(26)19(27)24-9-11-28-12-10-24/h3-4,13H,5-12H2,1-2H3. The SMILES string of the molecule is CN(C)c1ccc(C(=O)N2CCN(C(=O)C(=O)N3CCOCC3)CC2)cc1F. The number of nitrogens with zero attached hydrogens (tertiary/aromatic N) is 4. The maximum absolute atomic E-state index is 14.1. The minimum absolute atomic E-state index is 0.271. The number of rotatable bonds is 2. The molecule has 2 fully saturated rings. The van der Waals surface area contributed by atoms with Crippen molar-refractivity contribution in [2.45, 2.75) is 0 Å². The van der Waals surface area contributed by atoms with Crippen LogP contribution in [0.3, 0.4) is 0 Å². The molecular weight excluding hydrogens is 367 g/mol. The minimum atomic E-state index is -0.546. The Balaban J connectivity index is 1.57. The number of carbonyl (C=O) groups excluding carboxylic acids is 3. The molecule has 0 saturated carbocycles. The number of piperazine rings is 1. The lowest BCUT2D eigenvalue weighted by molar-refractivity contribution is -0.154. The van der Waals surface area contributed by atoms with E-state index in [-0.39, 0.29) is 24.6 Å². The van der Waals surface area contributed by atoms with Crippen molar-refractivity contribution in [3.8, 4) is 0 Å². The summed E-state index contributed by atoms with van der Waals surface area (Å²) in [6.45, 7) is 2.86. The third-order valence-electron chi connectivity index (χ3n) is 5.01. The summed E-state index contributed by atoms with van der Waals surface area (Å²) in [5.41, 5.74) is 0.681. The summed E-state index contributed by atoms with van der Waals surface area (Å²) in [4.78, 5) is 43.6. The molecule has 8 nitrogen and oxygen atoms in total. The van der Waals surface area contributed by atoms with Gasteiger partial charge in [-0.2, -0.15) is 0 Å². The van der Waals surface area contributed by atoms with Crippen LogP contribution in [0.15, 0.2) is 18.2 Å². The molecule has 0 unspecified atom stereocenters. The Morgan fingerprint density at radius 3 is 1.96 bits per heavy atom. The van der Waals surface area contributed by atoms with Crippen LogP contribution < -0.4 is 4.90 Å². The Hall–Kier alpha value is -2.68. The van der Waals surface area contributed by atoms with Gasteiger partial charge in [-0.15, -0.1) is 0 Å². The molecule has 3 rings (SSSR count). The van der Waals surface area contributed by atoms with Crippen LogP contribution >= 0.6 is 0 Å². The zero-order valence-electron chi connectivity index (χ0n) is 16.2. The van der Waals surface area contributed by atoms with E-state index in [1.54, 1.807) is 36.0 Å². The lowest BCUT2D eigenvalue weighted by atomic mass is 10.1. The summed E-state index contributed by atoms with van der Waals surface area (Å²) in [6, 6.07) is 4.40. The Morgan fingerprint density at radius 2 is 1.43 bits per heavy atom. The zero-order chi connectivity index (χ0) is 20.3. The van der Waals surface area contributed by atoms with Crippen molar-refractivity contribution in [1.29, 1.82) is 0 Å². The minimum Gasteiger partial charge on any atom is -0.378 e. The van der Waals surface area contributed by atoms with Gasteiger partial charge in [-0.3, -0.25) is 14.4 Å². The average molecular weight is 392 g/mol. The van der Waals surface area contributed by atoms with Gasteiger partial charge in [0, 0.05) is 58.9 Å². The molecule has 2 heterocycles. The fourth-order valence-corrected chi connectivity index (χ4v) is 3.33. The number of morpholine rings is 1. The molecule has 9 heteroatoms. The average Bonchev–Trinajstić information content (AvgIpc) is 2.72. The van der Waals surface area contributed by atoms with Gasteiger partial charge < -0.3 is 24.3 Å². The summed E-state index contributed by atoms with van der Waals surface area (Å²) < 4.78 is 19.3. The fraction of sp³-hybridized carbons (Fsp3) is 0.526. The van der Waals surface area contributed by atoms with Gasteiger partial charge in [-0.1, -0.05) is 0 Å². The van der Waals surface area contributed by atoms with Crippen LogP contribution in [0.2, 0.25) is 0 Å². The van der Waals surface area contributed by atoms with Gasteiger partial charge in [0.15, 0.2) is 0 Å². The highest BCUT2D eigenvalue weighted by Gasteiger charge is 2.31. The van der Waals surface area contributed by atoms with Crippen LogP contribution in [-0.4, -0.2) is 99.0 Å². The number of ether oxygens (including phenoxy) is 1. The van der Waals surface area contributed by atoms with Crippen molar-refractivity contribution in [2.24, 2.45) is 0 Å². The Kier molecular flexibility index (Phi) is 6.13. The summed E-state index contributed by atoms with van der Waals surface area (Å²) in [6.07, 6.45) is 0. The molecule has 2 aliphatic heterocycles. The van der Waals surface area contributed by atoms with Crippen molar-refractivity contribution >= 4 is 23.4 Å². The molecule has 0 atom stereocenters. The Morgan fingerprint density at radius 1 is 0.893 bits per heavy atom. The molecule has 3 amide bonds. The third kappa shape index (κ3) is 4.24. The molecule has 152 valence electrons. The number of carbonyl (C=O) groups is 3. The maximum Gasteiger partial charge on any atom is 0.312 e. The first-order valence-electron chi connectivity index (χ1n) is 9.30. The van der Waals surface area contributed by atoms with E-state index in [1.165, 1.54) is 15.9 Å². The van der Waals surface area contributed by atoms with Gasteiger partial charge in [-0.05, 0) is 18.2 Å². The largest absolute Gasteiger partial charge is 0.378 e. The fourth-order valence-electron chi connectivity index (χ4n) is 3.33. The summed E-state index contributed by atoms with van der Waals surface area (Å²) in [5.74, 6) is -1.81. The summed E-state index contributed by atoms with van der Waals surface area (Å²) in [5, 5.41) is 0. The van der Waals surface area contributed by atoms with Crippen LogP contribution in [-0.2, 0) is 14.3 Å². The first-order chi connectivity index (χ1) is 13.4. The van der Waals surface area contributed by atoms with E-state index >= 15 is 0 Å². The van der Waals surface area contributed by atoms with Gasteiger partial charge in [0.25, 0.3) is 5.91 Å². The van der Waals surface area contributed by atoms with Crippen molar-refractivity contribution < 1.29 is 23.5 Å². The number of halogens is 1. The molecule has 0 aromatic heterocycles. The summed E-state index contributed by atoms with van der Waals surface area (Å²) >= 11 is 0.